The molecule has 1 heteroatoms. The maximum atomic E-state index is 3.94. The van der Waals surface area contributed by atoms with Gasteiger partial charge in [0.05, 0.1) is 5.69 Å². The summed E-state index contributed by atoms with van der Waals surface area (Å²) in [5.41, 5.74) is 5.91. The van der Waals surface area contributed by atoms with Crippen molar-refractivity contribution in [3.8, 4) is 23.0 Å². The van der Waals surface area contributed by atoms with Gasteiger partial charge in [0.15, 0.2) is 0 Å². The Bertz CT molecular complexity index is 2030. The van der Waals surface area contributed by atoms with E-state index < -0.39 is 0 Å². The van der Waals surface area contributed by atoms with E-state index in [0.717, 1.165) is 17.8 Å². The zero-order valence-corrected chi connectivity index (χ0v) is 21.8. The SMILES string of the molecule is CC#CCc1ccc2cccc(-c3c(Nc4c5ccccc5cc5ccccc45)ccc4ccccc34)c2c1. The molecule has 7 rings (SSSR count). The molecule has 39 heavy (non-hydrogen) atoms. The predicted molar refractivity (Wildman–Crippen MR) is 169 cm³/mol. The molecule has 0 amide bonds. The van der Waals surface area contributed by atoms with Crippen LogP contribution in [-0.4, -0.2) is 0 Å². The normalized spacial score (nSPS) is 11.1. The van der Waals surface area contributed by atoms with Crippen LogP contribution in [0.1, 0.15) is 12.5 Å². The van der Waals surface area contributed by atoms with Crippen LogP contribution in [0.3, 0.4) is 0 Å². The fourth-order valence-electron chi connectivity index (χ4n) is 5.79. The average molecular weight is 498 g/mol. The largest absolute Gasteiger partial charge is 0.354 e. The van der Waals surface area contributed by atoms with Gasteiger partial charge in [0.1, 0.15) is 0 Å². The van der Waals surface area contributed by atoms with Gasteiger partial charge < -0.3 is 5.32 Å². The zero-order chi connectivity index (χ0) is 26.2. The molecule has 0 saturated carbocycles. The van der Waals surface area contributed by atoms with Crippen molar-refractivity contribution in [2.75, 3.05) is 5.32 Å². The summed E-state index contributed by atoms with van der Waals surface area (Å²) in [5.74, 6) is 6.27. The lowest BCUT2D eigenvalue weighted by molar-refractivity contribution is 1.33. The first-order chi connectivity index (χ1) is 19.3. The minimum atomic E-state index is 0.753. The van der Waals surface area contributed by atoms with Gasteiger partial charge in [-0.15, -0.1) is 5.92 Å². The van der Waals surface area contributed by atoms with Crippen molar-refractivity contribution in [1.82, 2.24) is 0 Å². The number of hydrogen-bond acceptors (Lipinski definition) is 1. The summed E-state index contributed by atoms with van der Waals surface area (Å²) in [6.45, 7) is 1.90. The van der Waals surface area contributed by atoms with Gasteiger partial charge in [-0.3, -0.25) is 0 Å². The Labute approximate surface area is 228 Å². The first kappa shape index (κ1) is 23.1. The molecule has 0 aromatic heterocycles. The summed E-state index contributed by atoms with van der Waals surface area (Å²) in [4.78, 5) is 0. The molecule has 0 aliphatic heterocycles. The summed E-state index contributed by atoms with van der Waals surface area (Å²) in [6.07, 6.45) is 0.753. The molecule has 0 fully saturated rings. The molecular formula is C38H27N. The Morgan fingerprint density at radius 2 is 1.15 bits per heavy atom. The molecule has 1 nitrogen and oxygen atoms in total. The van der Waals surface area contributed by atoms with Crippen LogP contribution in [0.4, 0.5) is 11.4 Å². The van der Waals surface area contributed by atoms with Gasteiger partial charge in [-0.2, -0.15) is 0 Å². The van der Waals surface area contributed by atoms with E-state index >= 15 is 0 Å². The minimum Gasteiger partial charge on any atom is -0.354 e. The number of rotatable bonds is 4. The van der Waals surface area contributed by atoms with Crippen molar-refractivity contribution in [2.45, 2.75) is 13.3 Å². The fraction of sp³-hybridized carbons (Fsp3) is 0.0526. The summed E-state index contributed by atoms with van der Waals surface area (Å²) in [5, 5.41) is 13.8. The maximum absolute atomic E-state index is 3.94. The molecule has 7 aromatic carbocycles. The van der Waals surface area contributed by atoms with Crippen molar-refractivity contribution >= 4 is 54.5 Å². The second-order valence-corrected chi connectivity index (χ2v) is 9.99. The summed E-state index contributed by atoms with van der Waals surface area (Å²) >= 11 is 0. The van der Waals surface area contributed by atoms with Crippen molar-refractivity contribution < 1.29 is 0 Å². The molecule has 0 heterocycles. The van der Waals surface area contributed by atoms with Crippen molar-refractivity contribution in [2.24, 2.45) is 0 Å². The second kappa shape index (κ2) is 9.67. The third-order valence-electron chi connectivity index (χ3n) is 7.65. The highest BCUT2D eigenvalue weighted by atomic mass is 14.9. The monoisotopic (exact) mass is 497 g/mol. The number of benzene rings is 7. The van der Waals surface area contributed by atoms with E-state index in [-0.39, 0.29) is 0 Å². The first-order valence-corrected chi connectivity index (χ1v) is 13.4. The first-order valence-electron chi connectivity index (χ1n) is 13.4. The summed E-state index contributed by atoms with van der Waals surface area (Å²) < 4.78 is 0. The van der Waals surface area contributed by atoms with E-state index in [2.05, 4.69) is 145 Å². The standard InChI is InChI=1S/C38H27N/c1-2-3-11-26-20-21-28-15-10-19-34(35(28)24-26)37-31-16-7-4-12-27(31)22-23-36(37)39-38-32-17-8-5-13-29(32)25-30-14-6-9-18-33(30)38/h4-10,12-25,39H,11H2,1H3. The summed E-state index contributed by atoms with van der Waals surface area (Å²) in [6, 6.07) is 46.1. The molecule has 0 unspecified atom stereocenters. The quantitative estimate of drug-likeness (QED) is 0.188. The second-order valence-electron chi connectivity index (χ2n) is 9.99. The van der Waals surface area contributed by atoms with Crippen LogP contribution in [-0.2, 0) is 6.42 Å². The molecule has 0 atom stereocenters. The molecule has 7 aromatic rings. The fourth-order valence-corrected chi connectivity index (χ4v) is 5.79. The average Bonchev–Trinajstić information content (AvgIpc) is 2.99. The van der Waals surface area contributed by atoms with Gasteiger partial charge in [-0.1, -0.05) is 115 Å². The predicted octanol–water partition coefficient (Wildman–Crippen LogP) is 10.3. The Hall–Kier alpha value is -5.06. The molecule has 0 radical (unpaired) electrons. The summed E-state index contributed by atoms with van der Waals surface area (Å²) in [7, 11) is 0. The molecule has 0 saturated heterocycles. The van der Waals surface area contributed by atoms with E-state index in [1.807, 2.05) is 6.92 Å². The lowest BCUT2D eigenvalue weighted by Crippen LogP contribution is -1.97. The van der Waals surface area contributed by atoms with Crippen molar-refractivity contribution in [3.63, 3.8) is 0 Å². The van der Waals surface area contributed by atoms with E-state index in [1.165, 1.54) is 59.8 Å². The highest BCUT2D eigenvalue weighted by Gasteiger charge is 2.16. The number of nitrogens with one attached hydrogen (secondary N) is 1. The smallest absolute Gasteiger partial charge is 0.0543 e. The molecule has 0 aliphatic carbocycles. The highest BCUT2D eigenvalue weighted by Crippen LogP contribution is 2.43. The Morgan fingerprint density at radius 1 is 0.538 bits per heavy atom. The van der Waals surface area contributed by atoms with Crippen LogP contribution in [0.2, 0.25) is 0 Å². The van der Waals surface area contributed by atoms with Gasteiger partial charge in [0.25, 0.3) is 0 Å². The number of fused-ring (bicyclic) bond motifs is 4. The van der Waals surface area contributed by atoms with Crippen LogP contribution in [0.25, 0.3) is 54.2 Å². The van der Waals surface area contributed by atoms with E-state index in [9.17, 15) is 0 Å². The topological polar surface area (TPSA) is 12.0 Å². The van der Waals surface area contributed by atoms with Gasteiger partial charge in [0.2, 0.25) is 0 Å². The van der Waals surface area contributed by atoms with Crippen LogP contribution < -0.4 is 5.32 Å². The molecule has 0 aliphatic rings. The molecular weight excluding hydrogens is 470 g/mol. The Balaban J connectivity index is 1.52. The number of hydrogen-bond donors (Lipinski definition) is 1. The minimum absolute atomic E-state index is 0.753. The Morgan fingerprint density at radius 3 is 1.90 bits per heavy atom. The van der Waals surface area contributed by atoms with Crippen LogP contribution in [0.15, 0.2) is 127 Å². The van der Waals surface area contributed by atoms with Gasteiger partial charge in [-0.25, -0.2) is 0 Å². The van der Waals surface area contributed by atoms with Crippen LogP contribution in [0, 0.1) is 11.8 Å². The molecule has 1 N–H and O–H groups in total. The molecule has 0 spiro atoms. The molecule has 0 bridgehead atoms. The third kappa shape index (κ3) is 4.08. The Kier molecular flexibility index (Phi) is 5.73. The number of anilines is 2. The highest BCUT2D eigenvalue weighted by molar-refractivity contribution is 6.15. The maximum Gasteiger partial charge on any atom is 0.0543 e. The van der Waals surface area contributed by atoms with Crippen LogP contribution >= 0.6 is 0 Å². The van der Waals surface area contributed by atoms with Gasteiger partial charge >= 0.3 is 0 Å². The van der Waals surface area contributed by atoms with Crippen LogP contribution in [0.5, 0.6) is 0 Å². The van der Waals surface area contributed by atoms with E-state index in [0.29, 0.717) is 0 Å². The van der Waals surface area contributed by atoms with Crippen molar-refractivity contribution in [1.29, 1.82) is 0 Å². The van der Waals surface area contributed by atoms with Crippen molar-refractivity contribution in [3.05, 3.63) is 133 Å². The van der Waals surface area contributed by atoms with Gasteiger partial charge in [0, 0.05) is 28.4 Å². The van der Waals surface area contributed by atoms with Gasteiger partial charge in [-0.05, 0) is 68.6 Å². The molecule has 184 valence electrons. The van der Waals surface area contributed by atoms with E-state index in [1.54, 1.807) is 0 Å². The lowest BCUT2D eigenvalue weighted by atomic mass is 9.91. The van der Waals surface area contributed by atoms with E-state index in [4.69, 9.17) is 0 Å². The lowest BCUT2D eigenvalue weighted by Gasteiger charge is -2.20. The third-order valence-corrected chi connectivity index (χ3v) is 7.65. The zero-order valence-electron chi connectivity index (χ0n) is 21.8.